The number of aromatic nitrogens is 1. The standard InChI is InChI=1S/C52H32N2O2/c1-2-12-39-33(10-1)11-7-15-40(39)34-22-26-36(27-23-34)53(38-30-31-44-43-14-4-6-20-48(43)55-50(44)32-38)37-28-24-35(25-29-37)41-16-8-19-47-52(41)56-49-21-9-17-45-42-13-3-5-18-46(42)54(47)51(45)49/h1-32H. The Labute approximate surface area is 322 Å². The SMILES string of the molecule is c1cc(-c2ccc(N(c3ccc(-c4cccc5ccccc45)cc3)c3ccc4c(c3)oc3ccccc34)cc2)c2c(c1)-n1c3ccccc3c3cccc(c31)O2. The number of anilines is 3. The van der Waals surface area contributed by atoms with Gasteiger partial charge in [0.2, 0.25) is 0 Å². The van der Waals surface area contributed by atoms with Crippen LogP contribution in [0.2, 0.25) is 0 Å². The second kappa shape index (κ2) is 12.0. The molecule has 0 aliphatic carbocycles. The number of para-hydroxylation sites is 4. The molecule has 0 spiro atoms. The van der Waals surface area contributed by atoms with E-state index >= 15 is 0 Å². The van der Waals surface area contributed by atoms with E-state index in [2.05, 4.69) is 191 Å². The van der Waals surface area contributed by atoms with E-state index in [1.165, 1.54) is 38.2 Å². The van der Waals surface area contributed by atoms with Gasteiger partial charge in [-0.25, -0.2) is 0 Å². The Morgan fingerprint density at radius 2 is 1.02 bits per heavy atom. The fourth-order valence-electron chi connectivity index (χ4n) is 8.82. The number of hydrogen-bond donors (Lipinski definition) is 0. The average molecular weight is 717 g/mol. The van der Waals surface area contributed by atoms with Crippen LogP contribution in [0.1, 0.15) is 0 Å². The Morgan fingerprint density at radius 1 is 0.411 bits per heavy atom. The molecule has 3 heterocycles. The van der Waals surface area contributed by atoms with Gasteiger partial charge in [-0.2, -0.15) is 0 Å². The molecule has 4 heteroatoms. The number of ether oxygens (including phenoxy) is 1. The summed E-state index contributed by atoms with van der Waals surface area (Å²) in [4.78, 5) is 2.30. The molecule has 1 aliphatic rings. The lowest BCUT2D eigenvalue weighted by Crippen LogP contribution is -2.10. The third-order valence-electron chi connectivity index (χ3n) is 11.4. The fourth-order valence-corrected chi connectivity index (χ4v) is 8.82. The quantitative estimate of drug-likeness (QED) is 0.178. The zero-order valence-electron chi connectivity index (χ0n) is 30.2. The minimum atomic E-state index is 0.859. The van der Waals surface area contributed by atoms with Crippen molar-refractivity contribution in [1.29, 1.82) is 0 Å². The summed E-state index contributed by atoms with van der Waals surface area (Å²) in [5.41, 5.74) is 12.7. The topological polar surface area (TPSA) is 30.5 Å². The van der Waals surface area contributed by atoms with Crippen LogP contribution < -0.4 is 9.64 Å². The van der Waals surface area contributed by atoms with Gasteiger partial charge in [-0.05, 0) is 88.1 Å². The minimum absolute atomic E-state index is 0.859. The first-order valence-corrected chi connectivity index (χ1v) is 19.0. The van der Waals surface area contributed by atoms with Crippen LogP contribution in [0.25, 0.3) is 82.5 Å². The largest absolute Gasteiger partial charge is 0.456 e. The van der Waals surface area contributed by atoms with Crippen molar-refractivity contribution in [2.45, 2.75) is 0 Å². The molecule has 0 fully saturated rings. The van der Waals surface area contributed by atoms with Crippen molar-refractivity contribution in [3.63, 3.8) is 0 Å². The first kappa shape index (κ1) is 30.9. The molecule has 2 aromatic heterocycles. The summed E-state index contributed by atoms with van der Waals surface area (Å²) in [7, 11) is 0. The molecule has 0 bridgehead atoms. The molecule has 262 valence electrons. The van der Waals surface area contributed by atoms with E-state index in [1.807, 2.05) is 12.1 Å². The van der Waals surface area contributed by atoms with Crippen LogP contribution in [-0.2, 0) is 0 Å². The number of rotatable bonds is 5. The molecular formula is C52H32N2O2. The minimum Gasteiger partial charge on any atom is -0.456 e. The van der Waals surface area contributed by atoms with Gasteiger partial charge >= 0.3 is 0 Å². The van der Waals surface area contributed by atoms with E-state index in [9.17, 15) is 0 Å². The highest BCUT2D eigenvalue weighted by atomic mass is 16.5. The van der Waals surface area contributed by atoms with E-state index in [-0.39, 0.29) is 0 Å². The smallest absolute Gasteiger partial charge is 0.159 e. The molecule has 0 unspecified atom stereocenters. The molecule has 4 nitrogen and oxygen atoms in total. The van der Waals surface area contributed by atoms with Crippen LogP contribution in [0.15, 0.2) is 199 Å². The monoisotopic (exact) mass is 716 g/mol. The van der Waals surface area contributed by atoms with Crippen LogP contribution >= 0.6 is 0 Å². The first-order valence-electron chi connectivity index (χ1n) is 19.0. The summed E-state index contributed by atoms with van der Waals surface area (Å²) < 4.78 is 15.5. The van der Waals surface area contributed by atoms with E-state index < -0.39 is 0 Å². The average Bonchev–Trinajstić information content (AvgIpc) is 3.81. The van der Waals surface area contributed by atoms with Gasteiger partial charge in [0, 0.05) is 50.2 Å². The molecule has 0 radical (unpaired) electrons. The van der Waals surface area contributed by atoms with Crippen molar-refractivity contribution in [3.8, 4) is 39.4 Å². The van der Waals surface area contributed by atoms with Crippen molar-refractivity contribution < 1.29 is 9.15 Å². The third-order valence-corrected chi connectivity index (χ3v) is 11.4. The zero-order valence-corrected chi connectivity index (χ0v) is 30.2. The van der Waals surface area contributed by atoms with Gasteiger partial charge in [0.05, 0.1) is 16.7 Å². The Balaban J connectivity index is 0.978. The lowest BCUT2D eigenvalue weighted by atomic mass is 9.98. The van der Waals surface area contributed by atoms with Crippen molar-refractivity contribution in [3.05, 3.63) is 194 Å². The number of nitrogens with zero attached hydrogens (tertiary/aromatic N) is 2. The molecule has 56 heavy (non-hydrogen) atoms. The Morgan fingerprint density at radius 3 is 1.86 bits per heavy atom. The highest BCUT2D eigenvalue weighted by molar-refractivity contribution is 6.12. The third kappa shape index (κ3) is 4.60. The molecule has 0 atom stereocenters. The van der Waals surface area contributed by atoms with Crippen LogP contribution in [0.3, 0.4) is 0 Å². The molecule has 9 aromatic carbocycles. The Kier molecular flexibility index (Phi) is 6.60. The molecule has 12 rings (SSSR count). The van der Waals surface area contributed by atoms with Crippen LogP contribution in [0.4, 0.5) is 17.1 Å². The molecule has 11 aromatic rings. The van der Waals surface area contributed by atoms with Crippen molar-refractivity contribution >= 4 is 71.6 Å². The fraction of sp³-hybridized carbons (Fsp3) is 0. The van der Waals surface area contributed by atoms with E-state index in [0.29, 0.717) is 0 Å². The predicted octanol–water partition coefficient (Wildman–Crippen LogP) is 14.7. The van der Waals surface area contributed by atoms with Gasteiger partial charge in [0.15, 0.2) is 11.5 Å². The summed E-state index contributed by atoms with van der Waals surface area (Å²) in [6.45, 7) is 0. The van der Waals surface area contributed by atoms with Crippen molar-refractivity contribution in [1.82, 2.24) is 4.57 Å². The normalized spacial score (nSPS) is 12.1. The van der Waals surface area contributed by atoms with Gasteiger partial charge < -0.3 is 18.6 Å². The molecular weight excluding hydrogens is 685 g/mol. The van der Waals surface area contributed by atoms with Crippen molar-refractivity contribution in [2.75, 3.05) is 4.90 Å². The van der Waals surface area contributed by atoms with Gasteiger partial charge in [-0.1, -0.05) is 127 Å². The highest BCUT2D eigenvalue weighted by Gasteiger charge is 2.26. The van der Waals surface area contributed by atoms with Gasteiger partial charge in [0.25, 0.3) is 0 Å². The Hall–Kier alpha value is -7.56. The van der Waals surface area contributed by atoms with E-state index in [1.54, 1.807) is 0 Å². The summed E-state index contributed by atoms with van der Waals surface area (Å²) in [6, 6.07) is 68.9. The van der Waals surface area contributed by atoms with Gasteiger partial charge in [-0.3, -0.25) is 0 Å². The number of hydrogen-bond acceptors (Lipinski definition) is 3. The maximum Gasteiger partial charge on any atom is 0.159 e. The zero-order chi connectivity index (χ0) is 36.7. The highest BCUT2D eigenvalue weighted by Crippen LogP contribution is 2.49. The molecule has 0 amide bonds. The van der Waals surface area contributed by atoms with E-state index in [4.69, 9.17) is 9.15 Å². The van der Waals surface area contributed by atoms with E-state index in [0.717, 1.165) is 72.8 Å². The summed E-state index contributed by atoms with van der Waals surface area (Å²) in [5.74, 6) is 1.73. The Bertz CT molecular complexity index is 3330. The molecule has 1 aliphatic heterocycles. The molecule has 0 saturated heterocycles. The first-order chi connectivity index (χ1) is 27.8. The second-order valence-electron chi connectivity index (χ2n) is 14.5. The van der Waals surface area contributed by atoms with Crippen LogP contribution in [0.5, 0.6) is 11.5 Å². The molecule has 0 saturated carbocycles. The number of furan rings is 1. The van der Waals surface area contributed by atoms with Crippen molar-refractivity contribution in [2.24, 2.45) is 0 Å². The number of fused-ring (bicyclic) bond motifs is 9. The lowest BCUT2D eigenvalue weighted by molar-refractivity contribution is 0.478. The molecule has 0 N–H and O–H groups in total. The second-order valence-corrected chi connectivity index (χ2v) is 14.5. The number of benzene rings is 9. The van der Waals surface area contributed by atoms with Gasteiger partial charge in [-0.15, -0.1) is 0 Å². The maximum absolute atomic E-state index is 6.78. The maximum atomic E-state index is 6.78. The van der Waals surface area contributed by atoms with Gasteiger partial charge in [0.1, 0.15) is 11.2 Å². The van der Waals surface area contributed by atoms with Crippen LogP contribution in [0, 0.1) is 0 Å². The summed E-state index contributed by atoms with van der Waals surface area (Å²) in [6.07, 6.45) is 0. The lowest BCUT2D eigenvalue weighted by Gasteiger charge is -2.26. The summed E-state index contributed by atoms with van der Waals surface area (Å²) in [5, 5.41) is 7.13. The predicted molar refractivity (Wildman–Crippen MR) is 231 cm³/mol. The van der Waals surface area contributed by atoms with Crippen LogP contribution in [-0.4, -0.2) is 4.57 Å². The summed E-state index contributed by atoms with van der Waals surface area (Å²) >= 11 is 0.